The number of alkyl carbamates (subject to hydrolysis) is 1. The highest BCUT2D eigenvalue weighted by molar-refractivity contribution is 5.86. The van der Waals surface area contributed by atoms with E-state index in [2.05, 4.69) is 32.7 Å². The number of amides is 2. The molecule has 0 saturated heterocycles. The molecule has 3 aromatic rings. The summed E-state index contributed by atoms with van der Waals surface area (Å²) < 4.78 is 5.59. The highest BCUT2D eigenvalue weighted by atomic mass is 16.5. The molecule has 1 heterocycles. The molecule has 4 N–H and O–H groups in total. The van der Waals surface area contributed by atoms with Gasteiger partial charge in [-0.2, -0.15) is 0 Å². The van der Waals surface area contributed by atoms with E-state index in [-0.39, 0.29) is 31.4 Å². The van der Waals surface area contributed by atoms with E-state index in [0.717, 1.165) is 22.3 Å². The number of hydrogen-bond acceptors (Lipinski definition) is 5. The lowest BCUT2D eigenvalue weighted by Gasteiger charge is -2.19. The normalized spacial score (nSPS) is 18.7. The second-order valence-electron chi connectivity index (χ2n) is 8.99. The van der Waals surface area contributed by atoms with Gasteiger partial charge in [-0.05, 0) is 34.6 Å². The van der Waals surface area contributed by atoms with Crippen molar-refractivity contribution in [2.24, 2.45) is 11.8 Å². The molecule has 180 valence electrons. The van der Waals surface area contributed by atoms with Gasteiger partial charge in [-0.3, -0.25) is 9.59 Å². The Hall–Kier alpha value is -4.14. The van der Waals surface area contributed by atoms with Gasteiger partial charge in [-0.25, -0.2) is 9.78 Å². The molecule has 1 aromatic heterocycles. The van der Waals surface area contributed by atoms with Gasteiger partial charge in [-0.15, -0.1) is 0 Å². The van der Waals surface area contributed by atoms with E-state index in [9.17, 15) is 14.4 Å². The number of carbonyl (C=O) groups excluding carboxylic acids is 2. The van der Waals surface area contributed by atoms with E-state index in [0.29, 0.717) is 12.1 Å². The summed E-state index contributed by atoms with van der Waals surface area (Å²) in [6, 6.07) is 15.2. The lowest BCUT2D eigenvalue weighted by molar-refractivity contribution is -0.139. The van der Waals surface area contributed by atoms with Gasteiger partial charge in [0.15, 0.2) is 0 Å². The van der Waals surface area contributed by atoms with Crippen molar-refractivity contribution in [1.82, 2.24) is 20.6 Å². The van der Waals surface area contributed by atoms with E-state index >= 15 is 0 Å². The molecule has 5 rings (SSSR count). The largest absolute Gasteiger partial charge is 0.481 e. The van der Waals surface area contributed by atoms with Gasteiger partial charge in [0.25, 0.3) is 0 Å². The SMILES string of the molecule is O=C(N[C@H](Cc1cnc[nH]1)C(=O)NCC1CC1C(=O)O)OCC1c2ccccc2-c2ccccc21. The number of benzene rings is 2. The number of aliphatic carboxylic acids is 1. The fourth-order valence-corrected chi connectivity index (χ4v) is 4.74. The molecule has 0 spiro atoms. The summed E-state index contributed by atoms with van der Waals surface area (Å²) in [7, 11) is 0. The number of aromatic nitrogens is 2. The van der Waals surface area contributed by atoms with Crippen LogP contribution in [0.3, 0.4) is 0 Å². The molecular weight excluding hydrogens is 448 g/mol. The van der Waals surface area contributed by atoms with Crippen LogP contribution in [0.1, 0.15) is 29.2 Å². The number of carboxylic acid groups (broad SMARTS) is 1. The summed E-state index contributed by atoms with van der Waals surface area (Å²) in [5.41, 5.74) is 5.15. The van der Waals surface area contributed by atoms with Crippen molar-refractivity contribution in [2.45, 2.75) is 24.8 Å². The topological polar surface area (TPSA) is 133 Å². The Labute approximate surface area is 201 Å². The molecule has 9 heteroatoms. The number of imidazole rings is 1. The maximum absolute atomic E-state index is 12.8. The summed E-state index contributed by atoms with van der Waals surface area (Å²) in [5, 5.41) is 14.5. The van der Waals surface area contributed by atoms with Crippen molar-refractivity contribution in [3.63, 3.8) is 0 Å². The Bertz CT molecular complexity index is 1200. The summed E-state index contributed by atoms with van der Waals surface area (Å²) in [6.07, 6.45) is 3.13. The number of carbonyl (C=O) groups is 3. The minimum Gasteiger partial charge on any atom is -0.481 e. The predicted molar refractivity (Wildman–Crippen MR) is 127 cm³/mol. The first-order valence-corrected chi connectivity index (χ1v) is 11.6. The van der Waals surface area contributed by atoms with Gasteiger partial charge in [-0.1, -0.05) is 48.5 Å². The maximum Gasteiger partial charge on any atom is 0.407 e. The smallest absolute Gasteiger partial charge is 0.407 e. The quantitative estimate of drug-likeness (QED) is 0.377. The first kappa shape index (κ1) is 22.6. The number of ether oxygens (including phenoxy) is 1. The molecule has 1 saturated carbocycles. The fraction of sp³-hybridized carbons (Fsp3) is 0.308. The Kier molecular flexibility index (Phi) is 6.22. The first-order valence-electron chi connectivity index (χ1n) is 11.6. The lowest BCUT2D eigenvalue weighted by Crippen LogP contribution is -2.49. The van der Waals surface area contributed by atoms with Crippen molar-refractivity contribution < 1.29 is 24.2 Å². The van der Waals surface area contributed by atoms with Crippen LogP contribution in [0.4, 0.5) is 4.79 Å². The van der Waals surface area contributed by atoms with Crippen LogP contribution in [0.2, 0.25) is 0 Å². The molecule has 0 bridgehead atoms. The van der Waals surface area contributed by atoms with Crippen molar-refractivity contribution in [3.05, 3.63) is 77.9 Å². The van der Waals surface area contributed by atoms with E-state index < -0.39 is 29.9 Å². The van der Waals surface area contributed by atoms with Gasteiger partial charge in [0.1, 0.15) is 12.6 Å². The third kappa shape index (κ3) is 4.89. The molecule has 0 aliphatic heterocycles. The van der Waals surface area contributed by atoms with Gasteiger partial charge < -0.3 is 25.5 Å². The van der Waals surface area contributed by atoms with Crippen LogP contribution in [-0.2, 0) is 20.7 Å². The highest BCUT2D eigenvalue weighted by Gasteiger charge is 2.43. The minimum atomic E-state index is -0.895. The standard InChI is InChI=1S/C26H26N4O5/c31-24(28-11-15-9-21(15)25(32)33)23(10-16-12-27-14-29-16)30-26(34)35-13-22-19-7-3-1-5-17(19)18-6-2-4-8-20(18)22/h1-8,12,14-15,21-23H,9-11,13H2,(H,27,29)(H,28,31)(H,30,34)(H,32,33)/t15?,21?,23-/m1/s1. The van der Waals surface area contributed by atoms with Crippen molar-refractivity contribution in [3.8, 4) is 11.1 Å². The van der Waals surface area contributed by atoms with Crippen LogP contribution in [0.25, 0.3) is 11.1 Å². The molecule has 1 fully saturated rings. The number of fused-ring (bicyclic) bond motifs is 3. The zero-order valence-corrected chi connectivity index (χ0v) is 18.9. The van der Waals surface area contributed by atoms with Crippen LogP contribution in [-0.4, -0.2) is 52.2 Å². The van der Waals surface area contributed by atoms with E-state index in [1.165, 1.54) is 6.33 Å². The lowest BCUT2D eigenvalue weighted by atomic mass is 9.98. The van der Waals surface area contributed by atoms with Crippen LogP contribution in [0.5, 0.6) is 0 Å². The molecule has 2 amide bonds. The molecule has 2 aliphatic carbocycles. The summed E-state index contributed by atoms with van der Waals surface area (Å²) in [5.74, 6) is -1.84. The monoisotopic (exact) mass is 474 g/mol. The molecule has 2 unspecified atom stereocenters. The second-order valence-corrected chi connectivity index (χ2v) is 8.99. The molecule has 2 aromatic carbocycles. The van der Waals surface area contributed by atoms with E-state index in [1.807, 2.05) is 36.4 Å². The zero-order valence-electron chi connectivity index (χ0n) is 18.9. The number of nitrogens with one attached hydrogen (secondary N) is 3. The Morgan fingerprint density at radius 2 is 1.77 bits per heavy atom. The third-order valence-corrected chi connectivity index (χ3v) is 6.71. The molecule has 3 atom stereocenters. The van der Waals surface area contributed by atoms with Crippen LogP contribution in [0.15, 0.2) is 61.1 Å². The third-order valence-electron chi connectivity index (χ3n) is 6.71. The summed E-state index contributed by atoms with van der Waals surface area (Å²) in [6.45, 7) is 0.391. The van der Waals surface area contributed by atoms with Gasteiger partial charge in [0, 0.05) is 30.8 Å². The van der Waals surface area contributed by atoms with Crippen LogP contribution < -0.4 is 10.6 Å². The first-order chi connectivity index (χ1) is 17.0. The fourth-order valence-electron chi connectivity index (χ4n) is 4.74. The van der Waals surface area contributed by atoms with Gasteiger partial charge in [0.05, 0.1) is 12.2 Å². The van der Waals surface area contributed by atoms with Gasteiger partial charge in [0.2, 0.25) is 5.91 Å². The van der Waals surface area contributed by atoms with Crippen molar-refractivity contribution >= 4 is 18.0 Å². The number of rotatable bonds is 9. The Balaban J connectivity index is 1.22. The molecule has 0 radical (unpaired) electrons. The number of nitrogens with zero attached hydrogens (tertiary/aromatic N) is 1. The van der Waals surface area contributed by atoms with E-state index in [1.54, 1.807) is 6.20 Å². The molecule has 35 heavy (non-hydrogen) atoms. The molecule has 2 aliphatic rings. The molecular formula is C26H26N4O5. The Morgan fingerprint density at radius 3 is 2.37 bits per heavy atom. The average molecular weight is 475 g/mol. The number of hydrogen-bond donors (Lipinski definition) is 4. The highest BCUT2D eigenvalue weighted by Crippen LogP contribution is 2.44. The minimum absolute atomic E-state index is 0.0845. The number of H-pyrrole nitrogens is 1. The van der Waals surface area contributed by atoms with Crippen LogP contribution in [0, 0.1) is 11.8 Å². The maximum atomic E-state index is 12.8. The zero-order chi connectivity index (χ0) is 24.4. The Morgan fingerprint density at radius 1 is 1.09 bits per heavy atom. The molecule has 9 nitrogen and oxygen atoms in total. The van der Waals surface area contributed by atoms with E-state index in [4.69, 9.17) is 9.84 Å². The average Bonchev–Trinajstić information content (AvgIpc) is 3.34. The summed E-state index contributed by atoms with van der Waals surface area (Å²) >= 11 is 0. The number of carboxylic acids is 1. The van der Waals surface area contributed by atoms with Crippen molar-refractivity contribution in [1.29, 1.82) is 0 Å². The van der Waals surface area contributed by atoms with Crippen LogP contribution >= 0.6 is 0 Å². The number of aromatic amines is 1. The van der Waals surface area contributed by atoms with Crippen molar-refractivity contribution in [2.75, 3.05) is 13.2 Å². The van der Waals surface area contributed by atoms with Gasteiger partial charge >= 0.3 is 12.1 Å². The second kappa shape index (κ2) is 9.61. The predicted octanol–water partition coefficient (Wildman–Crippen LogP) is 2.70. The summed E-state index contributed by atoms with van der Waals surface area (Å²) in [4.78, 5) is 43.5.